The third kappa shape index (κ3) is 3.25. The van der Waals surface area contributed by atoms with Crippen molar-refractivity contribution < 1.29 is 4.79 Å². The Morgan fingerprint density at radius 1 is 1.30 bits per heavy atom. The van der Waals surface area contributed by atoms with E-state index < -0.39 is 0 Å². The molecule has 1 N–H and O–H groups in total. The summed E-state index contributed by atoms with van der Waals surface area (Å²) in [6.45, 7) is 3.83. The first-order valence-electron chi connectivity index (χ1n) is 7.02. The van der Waals surface area contributed by atoms with Gasteiger partial charge in [0, 0.05) is 5.02 Å². The largest absolute Gasteiger partial charge is 0.296 e. The quantitative estimate of drug-likeness (QED) is 0.784. The first kappa shape index (κ1) is 15.6. The lowest BCUT2D eigenvalue weighted by Gasteiger charge is -2.05. The van der Waals surface area contributed by atoms with E-state index >= 15 is 0 Å². The van der Waals surface area contributed by atoms with E-state index in [1.807, 2.05) is 26.0 Å². The Balaban J connectivity index is 1.83. The number of aryl methyl sites for hydroxylation is 1. The van der Waals surface area contributed by atoms with Crippen molar-refractivity contribution in [1.29, 1.82) is 0 Å². The molecule has 1 aromatic carbocycles. The topological polar surface area (TPSA) is 72.7 Å². The van der Waals surface area contributed by atoms with E-state index in [9.17, 15) is 4.79 Å². The number of benzene rings is 1. The Labute approximate surface area is 142 Å². The Bertz CT molecular complexity index is 840. The van der Waals surface area contributed by atoms with Crippen molar-refractivity contribution in [2.45, 2.75) is 20.3 Å². The minimum atomic E-state index is -0.249. The van der Waals surface area contributed by atoms with E-state index in [2.05, 4.69) is 20.6 Å². The smallest absolute Gasteiger partial charge is 0.260 e. The molecule has 2 aromatic heterocycles. The summed E-state index contributed by atoms with van der Waals surface area (Å²) in [5.74, 6) is -0.249. The van der Waals surface area contributed by atoms with Crippen molar-refractivity contribution >= 4 is 34.0 Å². The molecule has 23 heavy (non-hydrogen) atoms. The summed E-state index contributed by atoms with van der Waals surface area (Å²) in [5.41, 5.74) is 2.08. The second-order valence-electron chi connectivity index (χ2n) is 4.84. The number of nitrogens with one attached hydrogen (secondary N) is 1. The lowest BCUT2D eigenvalue weighted by Crippen LogP contribution is -2.13. The number of nitrogens with zero attached hydrogens (tertiary/aromatic N) is 4. The van der Waals surface area contributed by atoms with Crippen LogP contribution in [0.5, 0.6) is 0 Å². The highest BCUT2D eigenvalue weighted by atomic mass is 35.5. The van der Waals surface area contributed by atoms with Crippen LogP contribution in [-0.2, 0) is 6.42 Å². The van der Waals surface area contributed by atoms with Crippen LogP contribution in [0.2, 0.25) is 5.02 Å². The molecule has 3 aromatic rings. The first-order valence-corrected chi connectivity index (χ1v) is 8.22. The summed E-state index contributed by atoms with van der Waals surface area (Å²) >= 11 is 7.26. The molecule has 6 nitrogen and oxygen atoms in total. The van der Waals surface area contributed by atoms with Crippen molar-refractivity contribution in [3.63, 3.8) is 0 Å². The van der Waals surface area contributed by atoms with E-state index in [1.54, 1.807) is 23.0 Å². The SMILES string of the molecule is CCc1nnc(NC(=O)c2cnn(-c3ccc(Cl)cc3)c2C)s1. The van der Waals surface area contributed by atoms with E-state index in [0.717, 1.165) is 22.8 Å². The van der Waals surface area contributed by atoms with Gasteiger partial charge in [0.1, 0.15) is 5.01 Å². The molecule has 0 saturated carbocycles. The summed E-state index contributed by atoms with van der Waals surface area (Å²) in [6.07, 6.45) is 2.34. The zero-order valence-electron chi connectivity index (χ0n) is 12.6. The van der Waals surface area contributed by atoms with Gasteiger partial charge in [-0.1, -0.05) is 29.9 Å². The molecule has 0 bridgehead atoms. The molecule has 0 spiro atoms. The van der Waals surface area contributed by atoms with Gasteiger partial charge in [0.2, 0.25) is 5.13 Å². The van der Waals surface area contributed by atoms with Crippen LogP contribution in [0, 0.1) is 6.92 Å². The van der Waals surface area contributed by atoms with Crippen LogP contribution in [0.1, 0.15) is 28.0 Å². The maximum Gasteiger partial charge on any atom is 0.260 e. The van der Waals surface area contributed by atoms with E-state index in [4.69, 9.17) is 11.6 Å². The fraction of sp³-hybridized carbons (Fsp3) is 0.200. The van der Waals surface area contributed by atoms with Crippen molar-refractivity contribution in [3.05, 3.63) is 51.7 Å². The van der Waals surface area contributed by atoms with Gasteiger partial charge >= 0.3 is 0 Å². The highest BCUT2D eigenvalue weighted by molar-refractivity contribution is 7.15. The summed E-state index contributed by atoms with van der Waals surface area (Å²) in [5, 5.41) is 17.0. The van der Waals surface area contributed by atoms with Crippen LogP contribution in [0.3, 0.4) is 0 Å². The molecule has 8 heteroatoms. The lowest BCUT2D eigenvalue weighted by atomic mass is 10.2. The van der Waals surface area contributed by atoms with E-state index in [0.29, 0.717) is 15.7 Å². The molecule has 1 amide bonds. The van der Waals surface area contributed by atoms with Crippen LogP contribution >= 0.6 is 22.9 Å². The highest BCUT2D eigenvalue weighted by Gasteiger charge is 2.16. The second kappa shape index (κ2) is 6.47. The fourth-order valence-electron chi connectivity index (χ4n) is 2.09. The number of carbonyl (C=O) groups is 1. The normalized spacial score (nSPS) is 10.7. The van der Waals surface area contributed by atoms with Crippen molar-refractivity contribution in [3.8, 4) is 5.69 Å². The van der Waals surface area contributed by atoms with Gasteiger partial charge in [-0.2, -0.15) is 5.10 Å². The molecule has 0 fully saturated rings. The molecule has 3 rings (SSSR count). The molecule has 0 aliphatic heterocycles. The maximum absolute atomic E-state index is 12.4. The molecule has 2 heterocycles. The number of hydrogen-bond donors (Lipinski definition) is 1. The Kier molecular flexibility index (Phi) is 4.40. The maximum atomic E-state index is 12.4. The van der Waals surface area contributed by atoms with Crippen LogP contribution in [0.25, 0.3) is 5.69 Å². The third-order valence-corrected chi connectivity index (χ3v) is 4.55. The molecule has 118 valence electrons. The molecule has 0 aliphatic carbocycles. The Morgan fingerprint density at radius 3 is 2.70 bits per heavy atom. The van der Waals surface area contributed by atoms with Gasteiger partial charge in [-0.05, 0) is 37.6 Å². The van der Waals surface area contributed by atoms with Gasteiger partial charge in [-0.25, -0.2) is 4.68 Å². The van der Waals surface area contributed by atoms with Crippen LogP contribution < -0.4 is 5.32 Å². The van der Waals surface area contributed by atoms with E-state index in [-0.39, 0.29) is 5.91 Å². The van der Waals surface area contributed by atoms with Gasteiger partial charge in [-0.3, -0.25) is 10.1 Å². The third-order valence-electron chi connectivity index (χ3n) is 3.32. The number of carbonyl (C=O) groups excluding carboxylic acids is 1. The Morgan fingerprint density at radius 2 is 2.04 bits per heavy atom. The summed E-state index contributed by atoms with van der Waals surface area (Å²) in [4.78, 5) is 12.4. The van der Waals surface area contributed by atoms with Gasteiger partial charge in [0.15, 0.2) is 0 Å². The molecular formula is C15H14ClN5OS. The molecule has 0 atom stereocenters. The zero-order valence-corrected chi connectivity index (χ0v) is 14.1. The number of hydrogen-bond acceptors (Lipinski definition) is 5. The minimum absolute atomic E-state index is 0.249. The predicted octanol–water partition coefficient (Wildman–Crippen LogP) is 3.50. The fourth-order valence-corrected chi connectivity index (χ4v) is 2.89. The molecule has 0 unspecified atom stereocenters. The Hall–Kier alpha value is -2.25. The number of halogens is 1. The number of anilines is 1. The second-order valence-corrected chi connectivity index (χ2v) is 6.34. The summed E-state index contributed by atoms with van der Waals surface area (Å²) in [6, 6.07) is 7.26. The van der Waals surface area contributed by atoms with Crippen LogP contribution in [-0.4, -0.2) is 25.9 Å². The zero-order chi connectivity index (χ0) is 16.4. The van der Waals surface area contributed by atoms with Crippen molar-refractivity contribution in [2.75, 3.05) is 5.32 Å². The van der Waals surface area contributed by atoms with Crippen molar-refractivity contribution in [1.82, 2.24) is 20.0 Å². The minimum Gasteiger partial charge on any atom is -0.296 e. The number of amides is 1. The average Bonchev–Trinajstić information content (AvgIpc) is 3.14. The van der Waals surface area contributed by atoms with Gasteiger partial charge in [0.25, 0.3) is 5.91 Å². The van der Waals surface area contributed by atoms with Gasteiger partial charge in [0.05, 0.1) is 23.1 Å². The predicted molar refractivity (Wildman–Crippen MR) is 90.6 cm³/mol. The summed E-state index contributed by atoms with van der Waals surface area (Å²) in [7, 11) is 0. The van der Waals surface area contributed by atoms with Crippen molar-refractivity contribution in [2.24, 2.45) is 0 Å². The summed E-state index contributed by atoms with van der Waals surface area (Å²) < 4.78 is 1.70. The van der Waals surface area contributed by atoms with Gasteiger partial charge in [-0.15, -0.1) is 10.2 Å². The standard InChI is InChI=1S/C15H14ClN5OS/c1-3-13-19-20-15(23-13)18-14(22)12-8-17-21(9(12)2)11-6-4-10(16)5-7-11/h4-8H,3H2,1-2H3,(H,18,20,22). The number of rotatable bonds is 4. The van der Waals surface area contributed by atoms with Crippen LogP contribution in [0.4, 0.5) is 5.13 Å². The molecule has 0 saturated heterocycles. The molecule has 0 radical (unpaired) electrons. The number of aromatic nitrogens is 4. The lowest BCUT2D eigenvalue weighted by molar-refractivity contribution is 0.102. The average molecular weight is 348 g/mol. The van der Waals surface area contributed by atoms with E-state index in [1.165, 1.54) is 11.3 Å². The first-order chi connectivity index (χ1) is 11.1. The molecule has 0 aliphatic rings. The van der Waals surface area contributed by atoms with Gasteiger partial charge < -0.3 is 0 Å². The van der Waals surface area contributed by atoms with Crippen LogP contribution in [0.15, 0.2) is 30.5 Å². The molecular weight excluding hydrogens is 334 g/mol. The monoisotopic (exact) mass is 347 g/mol. The highest BCUT2D eigenvalue weighted by Crippen LogP contribution is 2.20.